The zero-order valence-corrected chi connectivity index (χ0v) is 22.5. The van der Waals surface area contributed by atoms with Crippen molar-refractivity contribution < 1.29 is 22.7 Å². The lowest BCUT2D eigenvalue weighted by Crippen LogP contribution is -2.41. The van der Waals surface area contributed by atoms with Crippen molar-refractivity contribution in [2.75, 3.05) is 4.90 Å². The van der Waals surface area contributed by atoms with Crippen molar-refractivity contribution in [3.8, 4) is 11.1 Å². The largest absolute Gasteiger partial charge is 0.372 e. The number of nitrogens with zero attached hydrogens (tertiary/aromatic N) is 2. The Kier molecular flexibility index (Phi) is 6.62. The van der Waals surface area contributed by atoms with Crippen LogP contribution in [0.25, 0.3) is 11.1 Å². The number of nitrogens with one attached hydrogen (secondary N) is 1. The Bertz CT molecular complexity index is 1630. The summed E-state index contributed by atoms with van der Waals surface area (Å²) in [6, 6.07) is 20.8. The molecule has 3 aromatic carbocycles. The quantitative estimate of drug-likeness (QED) is 0.364. The molecule has 0 radical (unpaired) electrons. The minimum atomic E-state index is -3.82. The monoisotopic (exact) mass is 545 g/mol. The van der Waals surface area contributed by atoms with Crippen LogP contribution in [-0.4, -0.2) is 30.0 Å². The van der Waals surface area contributed by atoms with E-state index in [0.717, 1.165) is 22.8 Å². The van der Waals surface area contributed by atoms with Crippen molar-refractivity contribution in [1.82, 2.24) is 9.71 Å². The number of aliphatic hydroxyl groups is 1. The van der Waals surface area contributed by atoms with E-state index in [1.54, 1.807) is 33.2 Å². The fourth-order valence-corrected chi connectivity index (χ4v) is 6.17. The van der Waals surface area contributed by atoms with Gasteiger partial charge in [-0.15, -0.1) is 0 Å². The third kappa shape index (κ3) is 5.08. The molecule has 1 amide bonds. The highest BCUT2D eigenvalue weighted by molar-refractivity contribution is 7.89. The maximum absolute atomic E-state index is 14.4. The maximum atomic E-state index is 14.4. The van der Waals surface area contributed by atoms with Gasteiger partial charge in [0.2, 0.25) is 10.0 Å². The molecule has 1 atom stereocenters. The van der Waals surface area contributed by atoms with Gasteiger partial charge in [-0.2, -0.15) is 0 Å². The molecule has 4 aromatic rings. The number of carbonyl (C=O) groups excluding carboxylic acids is 1. The molecule has 1 aromatic heterocycles. The molecule has 200 valence electrons. The number of hydrogen-bond acceptors (Lipinski definition) is 5. The van der Waals surface area contributed by atoms with Gasteiger partial charge in [-0.05, 0) is 85.5 Å². The summed E-state index contributed by atoms with van der Waals surface area (Å²) in [5, 5.41) is 11.8. The molecular formula is C30H28FN3O4S. The van der Waals surface area contributed by atoms with Crippen molar-refractivity contribution >= 4 is 21.6 Å². The summed E-state index contributed by atoms with van der Waals surface area (Å²) in [7, 11) is -3.82. The van der Waals surface area contributed by atoms with Gasteiger partial charge in [0, 0.05) is 23.5 Å². The Hall–Kier alpha value is -3.92. The van der Waals surface area contributed by atoms with Gasteiger partial charge >= 0.3 is 0 Å². The second kappa shape index (κ2) is 9.68. The topological polar surface area (TPSA) is 99.6 Å². The fourth-order valence-electron chi connectivity index (χ4n) is 4.76. The van der Waals surface area contributed by atoms with Crippen LogP contribution < -0.4 is 9.62 Å². The standard InChI is InChI=1S/C30H28FN3O4S/c1-29(2,3)33-39(37,38)25-11-8-23(9-12-25)30(36)26-18-24(31)10-13-27(26)34(28(30)35)19-20-4-6-21(7-5-20)22-14-16-32-17-15-22/h4-18,33,36H,19H2,1-3H3. The lowest BCUT2D eigenvalue weighted by atomic mass is 9.87. The number of sulfonamides is 1. The highest BCUT2D eigenvalue weighted by Crippen LogP contribution is 2.45. The van der Waals surface area contributed by atoms with Gasteiger partial charge in [0.15, 0.2) is 5.60 Å². The van der Waals surface area contributed by atoms with Gasteiger partial charge in [0.25, 0.3) is 5.91 Å². The van der Waals surface area contributed by atoms with Crippen molar-refractivity contribution in [1.29, 1.82) is 0 Å². The third-order valence-electron chi connectivity index (χ3n) is 6.53. The van der Waals surface area contributed by atoms with E-state index in [0.29, 0.717) is 5.69 Å². The van der Waals surface area contributed by atoms with Crippen molar-refractivity contribution in [2.24, 2.45) is 0 Å². The van der Waals surface area contributed by atoms with Crippen LogP contribution in [0.2, 0.25) is 0 Å². The van der Waals surface area contributed by atoms with E-state index in [1.165, 1.54) is 41.3 Å². The molecule has 1 unspecified atom stereocenters. The number of hydrogen-bond donors (Lipinski definition) is 2. The number of aromatic nitrogens is 1. The van der Waals surface area contributed by atoms with E-state index in [1.807, 2.05) is 36.4 Å². The molecule has 0 spiro atoms. The highest BCUT2D eigenvalue weighted by Gasteiger charge is 2.51. The molecule has 2 N–H and O–H groups in total. The molecule has 0 aliphatic carbocycles. The number of halogens is 1. The predicted octanol–water partition coefficient (Wildman–Crippen LogP) is 4.75. The molecule has 0 saturated carbocycles. The van der Waals surface area contributed by atoms with Gasteiger partial charge < -0.3 is 10.0 Å². The Morgan fingerprint density at radius 2 is 1.54 bits per heavy atom. The first kappa shape index (κ1) is 26.7. The molecule has 39 heavy (non-hydrogen) atoms. The Morgan fingerprint density at radius 3 is 2.15 bits per heavy atom. The van der Waals surface area contributed by atoms with Crippen LogP contribution in [0.1, 0.15) is 37.5 Å². The van der Waals surface area contributed by atoms with Crippen LogP contribution >= 0.6 is 0 Å². The summed E-state index contributed by atoms with van der Waals surface area (Å²) in [4.78, 5) is 19.2. The zero-order valence-electron chi connectivity index (χ0n) is 21.7. The number of carbonyl (C=O) groups is 1. The Labute approximate surface area is 227 Å². The minimum absolute atomic E-state index is 0.0131. The van der Waals surface area contributed by atoms with E-state index in [4.69, 9.17) is 0 Å². The van der Waals surface area contributed by atoms with Crippen LogP contribution in [0, 0.1) is 5.82 Å². The van der Waals surface area contributed by atoms with E-state index in [-0.39, 0.29) is 22.6 Å². The van der Waals surface area contributed by atoms with E-state index >= 15 is 0 Å². The molecule has 9 heteroatoms. The van der Waals surface area contributed by atoms with E-state index < -0.39 is 32.9 Å². The number of fused-ring (bicyclic) bond motifs is 1. The number of amides is 1. The van der Waals surface area contributed by atoms with Crippen LogP contribution in [0.4, 0.5) is 10.1 Å². The molecule has 0 saturated heterocycles. The highest BCUT2D eigenvalue weighted by atomic mass is 32.2. The van der Waals surface area contributed by atoms with Gasteiger partial charge in [-0.3, -0.25) is 9.78 Å². The van der Waals surface area contributed by atoms with E-state index in [9.17, 15) is 22.7 Å². The molecule has 1 aliphatic rings. The van der Waals surface area contributed by atoms with Crippen molar-refractivity contribution in [3.63, 3.8) is 0 Å². The average Bonchev–Trinajstić information content (AvgIpc) is 3.10. The van der Waals surface area contributed by atoms with Crippen LogP contribution in [0.3, 0.4) is 0 Å². The first-order valence-corrected chi connectivity index (χ1v) is 13.8. The second-order valence-corrected chi connectivity index (χ2v) is 12.3. The second-order valence-electron chi connectivity index (χ2n) is 10.6. The normalized spacial score (nSPS) is 17.4. The Morgan fingerprint density at radius 1 is 0.923 bits per heavy atom. The molecule has 2 heterocycles. The molecule has 0 bridgehead atoms. The molecule has 0 fully saturated rings. The van der Waals surface area contributed by atoms with Crippen molar-refractivity contribution in [3.05, 3.63) is 114 Å². The smallest absolute Gasteiger partial charge is 0.268 e. The number of pyridine rings is 1. The minimum Gasteiger partial charge on any atom is -0.372 e. The molecule has 5 rings (SSSR count). The zero-order chi connectivity index (χ0) is 28.0. The summed E-state index contributed by atoms with van der Waals surface area (Å²) in [6.45, 7) is 5.33. The van der Waals surface area contributed by atoms with Crippen LogP contribution in [0.15, 0.2) is 96.2 Å². The van der Waals surface area contributed by atoms with Crippen LogP contribution in [0.5, 0.6) is 0 Å². The van der Waals surface area contributed by atoms with Crippen molar-refractivity contribution in [2.45, 2.75) is 43.4 Å². The summed E-state index contributed by atoms with van der Waals surface area (Å²) in [6.07, 6.45) is 3.43. The van der Waals surface area contributed by atoms with Gasteiger partial charge in [-0.1, -0.05) is 36.4 Å². The fraction of sp³-hybridized carbons (Fsp3) is 0.200. The van der Waals surface area contributed by atoms with Gasteiger partial charge in [-0.25, -0.2) is 17.5 Å². The molecule has 1 aliphatic heterocycles. The maximum Gasteiger partial charge on any atom is 0.268 e. The summed E-state index contributed by atoms with van der Waals surface area (Å²) < 4.78 is 42.4. The SMILES string of the molecule is CC(C)(C)NS(=O)(=O)c1ccc(C2(O)C(=O)N(Cc3ccc(-c4ccncc4)cc3)c3ccc(F)cc32)cc1. The summed E-state index contributed by atoms with van der Waals surface area (Å²) >= 11 is 0. The summed E-state index contributed by atoms with van der Waals surface area (Å²) in [5.41, 5.74) is 0.562. The number of benzene rings is 3. The number of rotatable bonds is 6. The first-order valence-electron chi connectivity index (χ1n) is 12.4. The lowest BCUT2D eigenvalue weighted by molar-refractivity contribution is -0.132. The van der Waals surface area contributed by atoms with Gasteiger partial charge in [0.05, 0.1) is 17.1 Å². The lowest BCUT2D eigenvalue weighted by Gasteiger charge is -2.24. The Balaban J connectivity index is 1.48. The molecule has 7 nitrogen and oxygen atoms in total. The predicted molar refractivity (Wildman–Crippen MR) is 147 cm³/mol. The number of anilines is 1. The van der Waals surface area contributed by atoms with Crippen LogP contribution in [-0.2, 0) is 27.0 Å². The van der Waals surface area contributed by atoms with Gasteiger partial charge in [0.1, 0.15) is 5.82 Å². The summed E-state index contributed by atoms with van der Waals surface area (Å²) in [5.74, 6) is -1.25. The third-order valence-corrected chi connectivity index (χ3v) is 8.30. The molecular weight excluding hydrogens is 517 g/mol. The van der Waals surface area contributed by atoms with E-state index in [2.05, 4.69) is 9.71 Å². The first-order chi connectivity index (χ1) is 18.4. The average molecular weight is 546 g/mol.